The molecule has 2 aromatic carbocycles. The Morgan fingerprint density at radius 1 is 1.03 bits per heavy atom. The molecule has 1 N–H and O–H groups in total. The van der Waals surface area contributed by atoms with E-state index >= 15 is 0 Å². The zero-order valence-corrected chi connectivity index (χ0v) is 18.3. The number of benzene rings is 2. The Morgan fingerprint density at radius 2 is 1.67 bits per heavy atom. The smallest absolute Gasteiger partial charge is 0.442 e. The number of amidine groups is 1. The summed E-state index contributed by atoms with van der Waals surface area (Å²) in [6, 6.07) is 10.3. The Morgan fingerprint density at radius 3 is 2.21 bits per heavy atom. The van der Waals surface area contributed by atoms with Crippen molar-refractivity contribution >= 4 is 17.6 Å². The number of carbonyl (C=O) groups excluding carboxylic acids is 2. The predicted octanol–water partition coefficient (Wildman–Crippen LogP) is 3.16. The van der Waals surface area contributed by atoms with E-state index in [0.717, 1.165) is 4.90 Å². The highest BCUT2D eigenvalue weighted by Gasteiger charge is 2.66. The van der Waals surface area contributed by atoms with Gasteiger partial charge in [-0.2, -0.15) is 13.2 Å². The van der Waals surface area contributed by atoms with Crippen LogP contribution < -0.4 is 19.5 Å². The molecule has 33 heavy (non-hydrogen) atoms. The molecule has 1 atom stereocenters. The van der Waals surface area contributed by atoms with E-state index in [0.29, 0.717) is 11.3 Å². The van der Waals surface area contributed by atoms with Gasteiger partial charge in [-0.1, -0.05) is 12.1 Å². The lowest BCUT2D eigenvalue weighted by molar-refractivity contribution is -0.196. The zero-order chi connectivity index (χ0) is 24.4. The molecule has 1 aliphatic rings. The summed E-state index contributed by atoms with van der Waals surface area (Å²) in [6.07, 6.45) is -5.19. The Hall–Kier alpha value is -3.76. The molecule has 1 unspecified atom stereocenters. The molecule has 0 saturated heterocycles. The van der Waals surface area contributed by atoms with Gasteiger partial charge in [0.05, 0.1) is 27.9 Å². The summed E-state index contributed by atoms with van der Waals surface area (Å²) in [4.78, 5) is 30.2. The van der Waals surface area contributed by atoms with Gasteiger partial charge in [-0.15, -0.1) is 0 Å². The lowest BCUT2D eigenvalue weighted by Gasteiger charge is -2.29. The lowest BCUT2D eigenvalue weighted by atomic mass is 10.1. The molecule has 0 fully saturated rings. The van der Waals surface area contributed by atoms with Gasteiger partial charge in [0.25, 0.3) is 11.8 Å². The van der Waals surface area contributed by atoms with Crippen molar-refractivity contribution in [3.63, 3.8) is 0 Å². The molecule has 3 rings (SSSR count). The molecule has 1 heterocycles. The van der Waals surface area contributed by atoms with Gasteiger partial charge in [-0.05, 0) is 42.8 Å². The van der Waals surface area contributed by atoms with E-state index < -0.39 is 23.7 Å². The summed E-state index contributed by atoms with van der Waals surface area (Å²) in [6.45, 7) is 1.11. The molecule has 0 bridgehead atoms. The number of nitrogens with one attached hydrogen (secondary N) is 1. The number of halogens is 3. The first-order valence-electron chi connectivity index (χ1n) is 9.69. The SMILES string of the molecule is COc1ccc(CN2C(=O)C(NC(=O)c3ccc(OC)c(OC)c3)(C(F)(F)F)N=C2C)cc1. The predicted molar refractivity (Wildman–Crippen MR) is 112 cm³/mol. The van der Waals surface area contributed by atoms with E-state index in [4.69, 9.17) is 14.2 Å². The van der Waals surface area contributed by atoms with Crippen molar-refractivity contribution in [2.75, 3.05) is 21.3 Å². The minimum Gasteiger partial charge on any atom is -0.497 e. The third-order valence-corrected chi connectivity index (χ3v) is 5.12. The van der Waals surface area contributed by atoms with Crippen LogP contribution in [0.2, 0.25) is 0 Å². The Balaban J connectivity index is 1.91. The largest absolute Gasteiger partial charge is 0.497 e. The van der Waals surface area contributed by atoms with Crippen LogP contribution in [-0.2, 0) is 11.3 Å². The molecule has 0 radical (unpaired) electrons. The van der Waals surface area contributed by atoms with E-state index in [1.807, 2.05) is 0 Å². The standard InChI is InChI=1S/C22H22F3N3O5/c1-13-26-21(22(23,24)25,20(30)28(13)12-14-5-8-16(31-2)9-6-14)27-19(29)15-7-10-17(32-3)18(11-15)33-4/h5-11H,12H2,1-4H3,(H,27,29). The number of carbonyl (C=O) groups is 2. The van der Waals surface area contributed by atoms with Crippen LogP contribution in [0.3, 0.4) is 0 Å². The van der Waals surface area contributed by atoms with E-state index in [1.165, 1.54) is 46.5 Å². The van der Waals surface area contributed by atoms with Gasteiger partial charge in [-0.25, -0.2) is 4.99 Å². The van der Waals surface area contributed by atoms with Crippen molar-refractivity contribution in [3.8, 4) is 17.2 Å². The van der Waals surface area contributed by atoms with Crippen LogP contribution >= 0.6 is 0 Å². The van der Waals surface area contributed by atoms with E-state index in [2.05, 4.69) is 4.99 Å². The van der Waals surface area contributed by atoms with Crippen molar-refractivity contribution in [3.05, 3.63) is 53.6 Å². The number of ether oxygens (including phenoxy) is 3. The van der Waals surface area contributed by atoms with Crippen LogP contribution in [0.1, 0.15) is 22.8 Å². The zero-order valence-electron chi connectivity index (χ0n) is 18.3. The summed E-state index contributed by atoms with van der Waals surface area (Å²) in [7, 11) is 4.18. The maximum atomic E-state index is 14.2. The second-order valence-corrected chi connectivity index (χ2v) is 7.13. The van der Waals surface area contributed by atoms with Crippen LogP contribution in [0.25, 0.3) is 0 Å². The topological polar surface area (TPSA) is 89.5 Å². The van der Waals surface area contributed by atoms with E-state index in [-0.39, 0.29) is 29.4 Å². The van der Waals surface area contributed by atoms with Crippen LogP contribution in [0, 0.1) is 0 Å². The molecule has 2 amide bonds. The first kappa shape index (κ1) is 23.9. The van der Waals surface area contributed by atoms with Crippen LogP contribution in [-0.4, -0.2) is 55.7 Å². The van der Waals surface area contributed by atoms with Gasteiger partial charge in [0.1, 0.15) is 11.6 Å². The summed E-state index contributed by atoms with van der Waals surface area (Å²) in [5, 5.41) is 1.79. The van der Waals surface area contributed by atoms with E-state index in [1.54, 1.807) is 29.6 Å². The highest BCUT2D eigenvalue weighted by molar-refractivity contribution is 6.10. The molecular weight excluding hydrogens is 443 g/mol. The first-order chi connectivity index (χ1) is 15.6. The quantitative estimate of drug-likeness (QED) is 0.679. The number of methoxy groups -OCH3 is 3. The summed E-state index contributed by atoms with van der Waals surface area (Å²) in [5.74, 6) is -1.74. The maximum absolute atomic E-state index is 14.2. The van der Waals surface area contributed by atoms with Crippen molar-refractivity contribution in [2.45, 2.75) is 25.3 Å². The Kier molecular flexibility index (Phi) is 6.52. The average molecular weight is 465 g/mol. The fourth-order valence-electron chi connectivity index (χ4n) is 3.34. The molecular formula is C22H22F3N3O5. The van der Waals surface area contributed by atoms with Crippen molar-refractivity contribution in [2.24, 2.45) is 4.99 Å². The molecule has 0 aromatic heterocycles. The minimum absolute atomic E-state index is 0.143. The molecule has 11 heteroatoms. The Bertz CT molecular complexity index is 1090. The monoisotopic (exact) mass is 465 g/mol. The van der Waals surface area contributed by atoms with Gasteiger partial charge in [0.2, 0.25) is 0 Å². The number of amides is 2. The van der Waals surface area contributed by atoms with Gasteiger partial charge < -0.3 is 19.5 Å². The molecule has 0 saturated carbocycles. The van der Waals surface area contributed by atoms with E-state index in [9.17, 15) is 22.8 Å². The second-order valence-electron chi connectivity index (χ2n) is 7.13. The lowest BCUT2D eigenvalue weighted by Crippen LogP contribution is -2.63. The molecule has 1 aliphatic heterocycles. The number of alkyl halides is 3. The highest BCUT2D eigenvalue weighted by atomic mass is 19.4. The number of aliphatic imine (C=N–C) groups is 1. The van der Waals surface area contributed by atoms with Gasteiger partial charge >= 0.3 is 11.8 Å². The normalized spacial score (nSPS) is 18.1. The number of hydrogen-bond acceptors (Lipinski definition) is 6. The van der Waals surface area contributed by atoms with Gasteiger partial charge in [0, 0.05) is 5.56 Å². The average Bonchev–Trinajstić information content (AvgIpc) is 3.03. The van der Waals surface area contributed by atoms with Crippen molar-refractivity contribution in [1.29, 1.82) is 0 Å². The van der Waals surface area contributed by atoms with Crippen molar-refractivity contribution < 1.29 is 37.0 Å². The summed E-state index contributed by atoms with van der Waals surface area (Å²) in [5.41, 5.74) is -3.05. The third-order valence-electron chi connectivity index (χ3n) is 5.12. The maximum Gasteiger partial charge on any atom is 0.442 e. The van der Waals surface area contributed by atoms with Crippen LogP contribution in [0.15, 0.2) is 47.5 Å². The van der Waals surface area contributed by atoms with Gasteiger partial charge in [-0.3, -0.25) is 14.5 Å². The molecule has 2 aromatic rings. The molecule has 176 valence electrons. The molecule has 0 spiro atoms. The second kappa shape index (κ2) is 9.00. The number of nitrogens with zero attached hydrogens (tertiary/aromatic N) is 2. The summed E-state index contributed by atoms with van der Waals surface area (Å²) < 4.78 is 57.7. The fraction of sp³-hybridized carbons (Fsp3) is 0.318. The van der Waals surface area contributed by atoms with Gasteiger partial charge in [0.15, 0.2) is 11.5 Å². The number of hydrogen-bond donors (Lipinski definition) is 1. The van der Waals surface area contributed by atoms with Crippen molar-refractivity contribution in [1.82, 2.24) is 10.2 Å². The Labute approximate surface area is 187 Å². The van der Waals surface area contributed by atoms with Crippen LogP contribution in [0.4, 0.5) is 13.2 Å². The number of rotatable bonds is 7. The fourth-order valence-corrected chi connectivity index (χ4v) is 3.34. The highest BCUT2D eigenvalue weighted by Crippen LogP contribution is 2.38. The molecule has 8 nitrogen and oxygen atoms in total. The summed E-state index contributed by atoms with van der Waals surface area (Å²) >= 11 is 0. The third kappa shape index (κ3) is 4.43. The van der Waals surface area contributed by atoms with Crippen LogP contribution in [0.5, 0.6) is 17.2 Å². The molecule has 0 aliphatic carbocycles. The first-order valence-corrected chi connectivity index (χ1v) is 9.69. The minimum atomic E-state index is -5.19.